The van der Waals surface area contributed by atoms with E-state index in [-0.39, 0.29) is 6.10 Å². The van der Waals surface area contributed by atoms with Crippen molar-refractivity contribution in [3.05, 3.63) is 29.3 Å². The highest BCUT2D eigenvalue weighted by atomic mass is 16.5. The molecular weight excluding hydrogens is 222 g/mol. The standard InChI is InChI=1S/C16H25NO/c1-12-8-13(2)10-16(9-12)18-14(3)11-17-15-6-4-5-7-15/h8-10,14-15,17H,4-7,11H2,1-3H3. The monoisotopic (exact) mass is 247 g/mol. The van der Waals surface area contributed by atoms with E-state index in [4.69, 9.17) is 4.74 Å². The zero-order valence-electron chi connectivity index (χ0n) is 11.8. The van der Waals surface area contributed by atoms with E-state index >= 15 is 0 Å². The van der Waals surface area contributed by atoms with E-state index in [1.807, 2.05) is 0 Å². The minimum absolute atomic E-state index is 0.229. The molecule has 1 aromatic carbocycles. The predicted molar refractivity (Wildman–Crippen MR) is 76.3 cm³/mol. The predicted octanol–water partition coefficient (Wildman–Crippen LogP) is 3.60. The Morgan fingerprint density at radius 1 is 1.17 bits per heavy atom. The summed E-state index contributed by atoms with van der Waals surface area (Å²) in [6.07, 6.45) is 5.65. The third-order valence-electron chi connectivity index (χ3n) is 3.58. The van der Waals surface area contributed by atoms with Crippen LogP contribution in [-0.4, -0.2) is 18.7 Å². The van der Waals surface area contributed by atoms with Crippen molar-refractivity contribution in [1.82, 2.24) is 5.32 Å². The van der Waals surface area contributed by atoms with Crippen molar-refractivity contribution in [2.75, 3.05) is 6.54 Å². The Morgan fingerprint density at radius 2 is 1.78 bits per heavy atom. The molecule has 2 heteroatoms. The Morgan fingerprint density at radius 3 is 2.39 bits per heavy atom. The molecule has 1 atom stereocenters. The number of hydrogen-bond donors (Lipinski definition) is 1. The Kier molecular flexibility index (Phi) is 4.65. The third kappa shape index (κ3) is 4.02. The minimum atomic E-state index is 0.229. The molecule has 0 aliphatic heterocycles. The van der Waals surface area contributed by atoms with E-state index in [0.29, 0.717) is 0 Å². The van der Waals surface area contributed by atoms with Crippen LogP contribution in [-0.2, 0) is 0 Å². The largest absolute Gasteiger partial charge is 0.489 e. The van der Waals surface area contributed by atoms with Gasteiger partial charge in [-0.3, -0.25) is 0 Å². The Labute approximate surface area is 111 Å². The van der Waals surface area contributed by atoms with Crippen LogP contribution in [0, 0.1) is 13.8 Å². The maximum absolute atomic E-state index is 5.97. The average molecular weight is 247 g/mol. The molecule has 0 bridgehead atoms. The van der Waals surface area contributed by atoms with Crippen LogP contribution in [0.4, 0.5) is 0 Å². The molecule has 1 fully saturated rings. The van der Waals surface area contributed by atoms with Crippen LogP contribution in [0.25, 0.3) is 0 Å². The van der Waals surface area contributed by atoms with E-state index in [0.717, 1.165) is 18.3 Å². The van der Waals surface area contributed by atoms with Gasteiger partial charge in [0.1, 0.15) is 11.9 Å². The van der Waals surface area contributed by atoms with E-state index in [1.165, 1.54) is 36.8 Å². The highest BCUT2D eigenvalue weighted by Crippen LogP contribution is 2.19. The zero-order valence-corrected chi connectivity index (χ0v) is 11.8. The quantitative estimate of drug-likeness (QED) is 0.858. The highest BCUT2D eigenvalue weighted by molar-refractivity contribution is 5.33. The second-order valence-electron chi connectivity index (χ2n) is 5.64. The fraction of sp³-hybridized carbons (Fsp3) is 0.625. The fourth-order valence-electron chi connectivity index (χ4n) is 2.74. The molecule has 0 amide bonds. The van der Waals surface area contributed by atoms with Crippen molar-refractivity contribution in [3.63, 3.8) is 0 Å². The van der Waals surface area contributed by atoms with Crippen molar-refractivity contribution in [1.29, 1.82) is 0 Å². The smallest absolute Gasteiger partial charge is 0.120 e. The van der Waals surface area contributed by atoms with E-state index in [2.05, 4.69) is 44.3 Å². The molecule has 0 spiro atoms. The summed E-state index contributed by atoms with van der Waals surface area (Å²) in [7, 11) is 0. The number of nitrogens with one attached hydrogen (secondary N) is 1. The molecule has 1 aromatic rings. The van der Waals surface area contributed by atoms with Crippen molar-refractivity contribution in [2.24, 2.45) is 0 Å². The fourth-order valence-corrected chi connectivity index (χ4v) is 2.74. The molecule has 2 nitrogen and oxygen atoms in total. The molecule has 2 rings (SSSR count). The Balaban J connectivity index is 1.80. The summed E-state index contributed by atoms with van der Waals surface area (Å²) in [4.78, 5) is 0. The van der Waals surface area contributed by atoms with Crippen LogP contribution in [0.5, 0.6) is 5.75 Å². The van der Waals surface area contributed by atoms with Gasteiger partial charge < -0.3 is 10.1 Å². The summed E-state index contributed by atoms with van der Waals surface area (Å²) in [6, 6.07) is 7.11. The third-order valence-corrected chi connectivity index (χ3v) is 3.58. The van der Waals surface area contributed by atoms with Crippen LogP contribution >= 0.6 is 0 Å². The lowest BCUT2D eigenvalue weighted by molar-refractivity contribution is 0.211. The molecule has 1 unspecified atom stereocenters. The molecule has 1 saturated carbocycles. The summed E-state index contributed by atoms with van der Waals surface area (Å²) in [5.74, 6) is 0.994. The van der Waals surface area contributed by atoms with E-state index in [9.17, 15) is 0 Å². The van der Waals surface area contributed by atoms with Gasteiger partial charge in [-0.25, -0.2) is 0 Å². The van der Waals surface area contributed by atoms with Crippen molar-refractivity contribution >= 4 is 0 Å². The first kappa shape index (κ1) is 13.4. The van der Waals surface area contributed by atoms with Gasteiger partial charge in [0.15, 0.2) is 0 Å². The first-order valence-electron chi connectivity index (χ1n) is 7.12. The van der Waals surface area contributed by atoms with E-state index in [1.54, 1.807) is 0 Å². The Hall–Kier alpha value is -1.02. The molecule has 0 heterocycles. The molecule has 0 radical (unpaired) electrons. The molecule has 0 saturated heterocycles. The van der Waals surface area contributed by atoms with Crippen LogP contribution in [0.1, 0.15) is 43.7 Å². The zero-order chi connectivity index (χ0) is 13.0. The van der Waals surface area contributed by atoms with Gasteiger partial charge >= 0.3 is 0 Å². The second kappa shape index (κ2) is 6.24. The van der Waals surface area contributed by atoms with E-state index < -0.39 is 0 Å². The molecular formula is C16H25NO. The van der Waals surface area contributed by atoms with Gasteiger partial charge in [-0.2, -0.15) is 0 Å². The van der Waals surface area contributed by atoms with Crippen LogP contribution in [0.3, 0.4) is 0 Å². The first-order valence-corrected chi connectivity index (χ1v) is 7.12. The SMILES string of the molecule is Cc1cc(C)cc(OC(C)CNC2CCCC2)c1. The molecule has 1 N–H and O–H groups in total. The number of hydrogen-bond acceptors (Lipinski definition) is 2. The van der Waals surface area contributed by atoms with Crippen LogP contribution < -0.4 is 10.1 Å². The van der Waals surface area contributed by atoms with Gasteiger partial charge in [0.2, 0.25) is 0 Å². The topological polar surface area (TPSA) is 21.3 Å². The molecule has 0 aromatic heterocycles. The summed E-state index contributed by atoms with van der Waals surface area (Å²) in [6.45, 7) is 7.31. The van der Waals surface area contributed by atoms with Gasteiger partial charge in [0, 0.05) is 12.6 Å². The number of rotatable bonds is 5. The van der Waals surface area contributed by atoms with Crippen molar-refractivity contribution in [2.45, 2.75) is 58.6 Å². The molecule has 1 aliphatic rings. The minimum Gasteiger partial charge on any atom is -0.489 e. The summed E-state index contributed by atoms with van der Waals surface area (Å²) in [5.41, 5.74) is 2.53. The number of ether oxygens (including phenoxy) is 1. The molecule has 1 aliphatic carbocycles. The van der Waals surface area contributed by atoms with Gasteiger partial charge in [0.25, 0.3) is 0 Å². The lowest BCUT2D eigenvalue weighted by atomic mass is 10.1. The van der Waals surface area contributed by atoms with Crippen LogP contribution in [0.2, 0.25) is 0 Å². The Bertz CT molecular complexity index is 362. The van der Waals surface area contributed by atoms with Crippen molar-refractivity contribution in [3.8, 4) is 5.75 Å². The van der Waals surface area contributed by atoms with Gasteiger partial charge in [0.05, 0.1) is 0 Å². The number of benzene rings is 1. The maximum atomic E-state index is 5.97. The number of aryl methyl sites for hydroxylation is 2. The molecule has 100 valence electrons. The van der Waals surface area contributed by atoms with Gasteiger partial charge in [-0.05, 0) is 56.9 Å². The normalized spacial score (nSPS) is 17.9. The maximum Gasteiger partial charge on any atom is 0.120 e. The summed E-state index contributed by atoms with van der Waals surface area (Å²) >= 11 is 0. The second-order valence-corrected chi connectivity index (χ2v) is 5.64. The lowest BCUT2D eigenvalue weighted by Crippen LogP contribution is -2.35. The first-order chi connectivity index (χ1) is 8.63. The molecule has 18 heavy (non-hydrogen) atoms. The average Bonchev–Trinajstić information content (AvgIpc) is 2.77. The van der Waals surface area contributed by atoms with Crippen molar-refractivity contribution < 1.29 is 4.74 Å². The summed E-state index contributed by atoms with van der Waals surface area (Å²) < 4.78 is 5.97. The van der Waals surface area contributed by atoms with Gasteiger partial charge in [-0.1, -0.05) is 18.9 Å². The van der Waals surface area contributed by atoms with Gasteiger partial charge in [-0.15, -0.1) is 0 Å². The van der Waals surface area contributed by atoms with Crippen LogP contribution in [0.15, 0.2) is 18.2 Å². The highest BCUT2D eigenvalue weighted by Gasteiger charge is 2.15. The summed E-state index contributed by atoms with van der Waals surface area (Å²) in [5, 5.41) is 3.61. The lowest BCUT2D eigenvalue weighted by Gasteiger charge is -2.19.